The highest BCUT2D eigenvalue weighted by Gasteiger charge is 2.14. The molecule has 0 aliphatic carbocycles. The van der Waals surface area contributed by atoms with Gasteiger partial charge in [-0.05, 0) is 60.9 Å². The Labute approximate surface area is 146 Å². The van der Waals surface area contributed by atoms with Gasteiger partial charge in [0, 0.05) is 10.7 Å². The first-order valence-electron chi connectivity index (χ1n) is 7.59. The van der Waals surface area contributed by atoms with Crippen LogP contribution in [0, 0.1) is 6.92 Å². The summed E-state index contributed by atoms with van der Waals surface area (Å²) in [6.45, 7) is 1.82. The number of ether oxygens (including phenoxy) is 1. The van der Waals surface area contributed by atoms with Crippen molar-refractivity contribution in [3.8, 4) is 5.75 Å². The number of aliphatic hydroxyl groups excluding tert-OH is 1. The van der Waals surface area contributed by atoms with Crippen LogP contribution in [0.3, 0.4) is 0 Å². The Hall–Kier alpha value is -2.24. The number of rotatable bonds is 6. The predicted molar refractivity (Wildman–Crippen MR) is 95.9 cm³/mol. The van der Waals surface area contributed by atoms with Crippen LogP contribution in [-0.2, 0) is 6.42 Å². The van der Waals surface area contributed by atoms with E-state index < -0.39 is 0 Å². The van der Waals surface area contributed by atoms with E-state index in [9.17, 15) is 9.90 Å². The molecule has 0 radical (unpaired) electrons. The fourth-order valence-corrected chi connectivity index (χ4v) is 2.46. The molecule has 2 rings (SSSR count). The van der Waals surface area contributed by atoms with Gasteiger partial charge >= 0.3 is 6.03 Å². The standard InChI is InChI=1S/C18H21ClN2O3/c1-12-9-17(24-2)8-3-13(12)10-16(11-22)21-18(23)20-15-6-4-14(19)5-7-15/h3-9,16,22H,10-11H2,1-2H3,(H2,20,21,23). The molecule has 2 amide bonds. The minimum Gasteiger partial charge on any atom is -0.497 e. The number of anilines is 1. The number of nitrogens with one attached hydrogen (secondary N) is 2. The van der Waals surface area contributed by atoms with Crippen LogP contribution in [0.1, 0.15) is 11.1 Å². The van der Waals surface area contributed by atoms with E-state index in [-0.39, 0.29) is 18.7 Å². The molecular formula is C18H21ClN2O3. The molecule has 3 N–H and O–H groups in total. The third-order valence-electron chi connectivity index (χ3n) is 3.67. The van der Waals surface area contributed by atoms with Gasteiger partial charge in [-0.3, -0.25) is 0 Å². The second kappa shape index (κ2) is 8.57. The Bertz CT molecular complexity index is 689. The summed E-state index contributed by atoms with van der Waals surface area (Å²) in [5.41, 5.74) is 2.73. The quantitative estimate of drug-likeness (QED) is 0.749. The van der Waals surface area contributed by atoms with E-state index >= 15 is 0 Å². The van der Waals surface area contributed by atoms with Crippen molar-refractivity contribution in [2.45, 2.75) is 19.4 Å². The van der Waals surface area contributed by atoms with Crippen LogP contribution < -0.4 is 15.4 Å². The minimum absolute atomic E-state index is 0.153. The number of aliphatic hydroxyl groups is 1. The van der Waals surface area contributed by atoms with Gasteiger partial charge in [-0.2, -0.15) is 0 Å². The van der Waals surface area contributed by atoms with Crippen molar-refractivity contribution in [2.75, 3.05) is 19.0 Å². The van der Waals surface area contributed by atoms with E-state index in [0.717, 1.165) is 16.9 Å². The molecule has 0 saturated carbocycles. The zero-order chi connectivity index (χ0) is 17.5. The molecule has 128 valence electrons. The monoisotopic (exact) mass is 348 g/mol. The Morgan fingerprint density at radius 1 is 1.25 bits per heavy atom. The van der Waals surface area contributed by atoms with Crippen LogP contribution in [0.5, 0.6) is 5.75 Å². The van der Waals surface area contributed by atoms with Gasteiger partial charge in [0.1, 0.15) is 5.75 Å². The lowest BCUT2D eigenvalue weighted by molar-refractivity contribution is 0.224. The van der Waals surface area contributed by atoms with Crippen LogP contribution >= 0.6 is 11.6 Å². The van der Waals surface area contributed by atoms with Gasteiger partial charge in [0.25, 0.3) is 0 Å². The molecule has 0 aromatic heterocycles. The third kappa shape index (κ3) is 5.15. The first-order chi connectivity index (χ1) is 11.5. The SMILES string of the molecule is COc1ccc(CC(CO)NC(=O)Nc2ccc(Cl)cc2)c(C)c1. The van der Waals surface area contributed by atoms with E-state index in [2.05, 4.69) is 10.6 Å². The molecule has 0 saturated heterocycles. The first kappa shape index (κ1) is 18.1. The first-order valence-corrected chi connectivity index (χ1v) is 7.97. The molecule has 0 aliphatic rings. The number of carbonyl (C=O) groups excluding carboxylic acids is 1. The van der Waals surface area contributed by atoms with Gasteiger partial charge in [0.15, 0.2) is 0 Å². The van der Waals surface area contributed by atoms with Gasteiger partial charge in [-0.25, -0.2) is 4.79 Å². The molecule has 2 aromatic rings. The van der Waals surface area contributed by atoms with E-state index in [1.807, 2.05) is 25.1 Å². The van der Waals surface area contributed by atoms with Crippen LogP contribution in [-0.4, -0.2) is 30.9 Å². The maximum Gasteiger partial charge on any atom is 0.319 e. The number of halogens is 1. The van der Waals surface area contributed by atoms with E-state index in [0.29, 0.717) is 17.1 Å². The molecule has 1 atom stereocenters. The van der Waals surface area contributed by atoms with Crippen molar-refractivity contribution in [3.63, 3.8) is 0 Å². The van der Waals surface area contributed by atoms with E-state index in [1.165, 1.54) is 0 Å². The van der Waals surface area contributed by atoms with E-state index in [4.69, 9.17) is 16.3 Å². The van der Waals surface area contributed by atoms with Crippen LogP contribution in [0.25, 0.3) is 0 Å². The Morgan fingerprint density at radius 2 is 1.96 bits per heavy atom. The molecule has 0 aliphatic heterocycles. The number of amides is 2. The largest absolute Gasteiger partial charge is 0.497 e. The second-order valence-corrected chi connectivity index (χ2v) is 5.92. The summed E-state index contributed by atoms with van der Waals surface area (Å²) >= 11 is 5.81. The van der Waals surface area contributed by atoms with Gasteiger partial charge in [0.2, 0.25) is 0 Å². The van der Waals surface area contributed by atoms with Gasteiger partial charge in [-0.15, -0.1) is 0 Å². The number of carbonyl (C=O) groups is 1. The number of methoxy groups -OCH3 is 1. The summed E-state index contributed by atoms with van der Waals surface area (Å²) < 4.78 is 5.18. The summed E-state index contributed by atoms with van der Waals surface area (Å²) in [7, 11) is 1.62. The normalized spacial score (nSPS) is 11.7. The van der Waals surface area contributed by atoms with Crippen molar-refractivity contribution in [1.82, 2.24) is 5.32 Å². The van der Waals surface area contributed by atoms with Gasteiger partial charge in [-0.1, -0.05) is 17.7 Å². The zero-order valence-electron chi connectivity index (χ0n) is 13.7. The average Bonchev–Trinajstić information content (AvgIpc) is 2.57. The Kier molecular flexibility index (Phi) is 6.46. The lowest BCUT2D eigenvalue weighted by Gasteiger charge is -2.18. The maximum atomic E-state index is 12.1. The maximum absolute atomic E-state index is 12.1. The number of urea groups is 1. The fourth-order valence-electron chi connectivity index (χ4n) is 2.34. The number of aryl methyl sites for hydroxylation is 1. The summed E-state index contributed by atoms with van der Waals surface area (Å²) in [5, 5.41) is 15.6. The van der Waals surface area contributed by atoms with E-state index in [1.54, 1.807) is 31.4 Å². The Balaban J connectivity index is 1.96. The highest BCUT2D eigenvalue weighted by Crippen LogP contribution is 2.18. The van der Waals surface area contributed by atoms with Crippen molar-refractivity contribution >= 4 is 23.3 Å². The fraction of sp³-hybridized carbons (Fsp3) is 0.278. The van der Waals surface area contributed by atoms with Crippen LogP contribution in [0.15, 0.2) is 42.5 Å². The molecule has 0 heterocycles. The molecule has 0 spiro atoms. The second-order valence-electron chi connectivity index (χ2n) is 5.48. The molecule has 0 bridgehead atoms. The molecule has 6 heteroatoms. The number of hydrogen-bond donors (Lipinski definition) is 3. The molecule has 1 unspecified atom stereocenters. The predicted octanol–water partition coefficient (Wildman–Crippen LogP) is 3.38. The average molecular weight is 349 g/mol. The summed E-state index contributed by atoms with van der Waals surface area (Å²) in [4.78, 5) is 12.1. The summed E-state index contributed by atoms with van der Waals surface area (Å²) in [6.07, 6.45) is 0.528. The highest BCUT2D eigenvalue weighted by atomic mass is 35.5. The highest BCUT2D eigenvalue weighted by molar-refractivity contribution is 6.30. The van der Waals surface area contributed by atoms with Crippen molar-refractivity contribution in [3.05, 3.63) is 58.6 Å². The topological polar surface area (TPSA) is 70.6 Å². The Morgan fingerprint density at radius 3 is 2.54 bits per heavy atom. The lowest BCUT2D eigenvalue weighted by Crippen LogP contribution is -2.41. The molecule has 0 fully saturated rings. The molecule has 5 nitrogen and oxygen atoms in total. The molecule has 24 heavy (non-hydrogen) atoms. The number of benzene rings is 2. The lowest BCUT2D eigenvalue weighted by atomic mass is 10.0. The number of hydrogen-bond acceptors (Lipinski definition) is 3. The third-order valence-corrected chi connectivity index (χ3v) is 3.93. The zero-order valence-corrected chi connectivity index (χ0v) is 14.4. The summed E-state index contributed by atoms with van der Waals surface area (Å²) in [5.74, 6) is 0.783. The van der Waals surface area contributed by atoms with Gasteiger partial charge < -0.3 is 20.5 Å². The van der Waals surface area contributed by atoms with Gasteiger partial charge in [0.05, 0.1) is 19.8 Å². The molecule has 2 aromatic carbocycles. The van der Waals surface area contributed by atoms with Crippen molar-refractivity contribution in [1.29, 1.82) is 0 Å². The summed E-state index contributed by atoms with van der Waals surface area (Å²) in [6, 6.07) is 11.8. The molecular weight excluding hydrogens is 328 g/mol. The van der Waals surface area contributed by atoms with Crippen molar-refractivity contribution < 1.29 is 14.6 Å². The van der Waals surface area contributed by atoms with Crippen LogP contribution in [0.2, 0.25) is 5.02 Å². The smallest absolute Gasteiger partial charge is 0.319 e. The van der Waals surface area contributed by atoms with Crippen LogP contribution in [0.4, 0.5) is 10.5 Å². The van der Waals surface area contributed by atoms with Crippen molar-refractivity contribution in [2.24, 2.45) is 0 Å². The minimum atomic E-state index is -0.385.